The number of pyridine rings is 1. The van der Waals surface area contributed by atoms with Gasteiger partial charge < -0.3 is 9.47 Å². The van der Waals surface area contributed by atoms with Gasteiger partial charge in [0.25, 0.3) is 0 Å². The second-order valence-corrected chi connectivity index (χ2v) is 8.15. The number of hydrogen-bond acceptors (Lipinski definition) is 4. The number of benzene rings is 2. The van der Waals surface area contributed by atoms with Crippen LogP contribution in [-0.4, -0.2) is 16.4 Å². The van der Waals surface area contributed by atoms with Gasteiger partial charge >= 0.3 is 0 Å². The van der Waals surface area contributed by atoms with Gasteiger partial charge in [0.1, 0.15) is 18.1 Å². The van der Waals surface area contributed by atoms with Gasteiger partial charge in [-0.05, 0) is 57.0 Å². The topological polar surface area (TPSA) is 48.4 Å². The van der Waals surface area contributed by atoms with Crippen molar-refractivity contribution >= 4 is 17.1 Å². The molecule has 1 aromatic heterocycles. The summed E-state index contributed by atoms with van der Waals surface area (Å²) in [6.45, 7) is 8.05. The zero-order valence-corrected chi connectivity index (χ0v) is 17.7. The highest BCUT2D eigenvalue weighted by atomic mass is 16.5. The predicted octanol–water partition coefficient (Wildman–Crippen LogP) is 5.52. The number of carbonyl (C=O) groups excluding carboxylic acids is 1. The molecule has 2 heterocycles. The van der Waals surface area contributed by atoms with Crippen LogP contribution in [0.25, 0.3) is 11.3 Å². The normalized spacial score (nSPS) is 15.3. The first-order chi connectivity index (χ1) is 14.3. The summed E-state index contributed by atoms with van der Waals surface area (Å²) >= 11 is 0. The molecule has 0 saturated carbocycles. The van der Waals surface area contributed by atoms with Crippen molar-refractivity contribution in [3.05, 3.63) is 94.8 Å². The van der Waals surface area contributed by atoms with Crippen molar-refractivity contribution in [3.63, 3.8) is 0 Å². The lowest BCUT2D eigenvalue weighted by molar-refractivity contribution is -0.125. The number of carbonyl (C=O) groups is 1. The molecule has 4 nitrogen and oxygen atoms in total. The molecule has 0 bridgehead atoms. The molecule has 0 N–H and O–H groups in total. The summed E-state index contributed by atoms with van der Waals surface area (Å²) in [4.78, 5) is 17.4. The van der Waals surface area contributed by atoms with Crippen molar-refractivity contribution in [3.8, 4) is 5.75 Å². The lowest BCUT2D eigenvalue weighted by Gasteiger charge is -2.17. The maximum absolute atomic E-state index is 13.1. The van der Waals surface area contributed by atoms with E-state index >= 15 is 0 Å². The minimum absolute atomic E-state index is 0.0180. The van der Waals surface area contributed by atoms with E-state index in [1.54, 1.807) is 0 Å². The van der Waals surface area contributed by atoms with Crippen LogP contribution in [0, 0.1) is 13.8 Å². The molecule has 0 unspecified atom stereocenters. The maximum Gasteiger partial charge on any atom is 0.210 e. The first-order valence-electron chi connectivity index (χ1n) is 10.0. The van der Waals surface area contributed by atoms with Gasteiger partial charge in [0.05, 0.1) is 11.3 Å². The van der Waals surface area contributed by atoms with E-state index in [2.05, 4.69) is 4.98 Å². The molecule has 4 heteroatoms. The quantitative estimate of drug-likeness (QED) is 0.566. The Labute approximate surface area is 177 Å². The zero-order chi connectivity index (χ0) is 21.3. The maximum atomic E-state index is 13.1. The van der Waals surface area contributed by atoms with Crippen molar-refractivity contribution in [2.75, 3.05) is 0 Å². The monoisotopic (exact) mass is 399 g/mol. The lowest BCUT2D eigenvalue weighted by Crippen LogP contribution is -2.29. The van der Waals surface area contributed by atoms with Crippen LogP contribution in [0.15, 0.2) is 66.9 Å². The van der Waals surface area contributed by atoms with Crippen molar-refractivity contribution < 1.29 is 14.3 Å². The molecule has 0 saturated heterocycles. The van der Waals surface area contributed by atoms with E-state index in [1.807, 2.05) is 94.6 Å². The van der Waals surface area contributed by atoms with E-state index in [-0.39, 0.29) is 5.78 Å². The number of Topliss-reactive ketones (excluding diaryl/α,β-unsaturated/α-hetero) is 1. The third kappa shape index (κ3) is 3.99. The second-order valence-electron chi connectivity index (χ2n) is 8.15. The van der Waals surface area contributed by atoms with Crippen molar-refractivity contribution in [2.24, 2.45) is 0 Å². The Morgan fingerprint density at radius 2 is 1.50 bits per heavy atom. The molecule has 1 aliphatic heterocycles. The molecule has 152 valence electrons. The largest absolute Gasteiger partial charge is 0.487 e. The van der Waals surface area contributed by atoms with Crippen molar-refractivity contribution in [2.45, 2.75) is 39.9 Å². The number of ether oxygens (including phenoxy) is 2. The molecule has 0 aliphatic carbocycles. The Hall–Kier alpha value is -3.40. The Morgan fingerprint density at radius 1 is 0.867 bits per heavy atom. The zero-order valence-electron chi connectivity index (χ0n) is 17.7. The first-order valence-corrected chi connectivity index (χ1v) is 10.0. The van der Waals surface area contributed by atoms with Crippen molar-refractivity contribution in [1.82, 2.24) is 4.98 Å². The third-order valence-electron chi connectivity index (χ3n) is 5.17. The van der Waals surface area contributed by atoms with Crippen LogP contribution in [0.2, 0.25) is 0 Å². The summed E-state index contributed by atoms with van der Waals surface area (Å²) in [6.07, 6.45) is 1.83. The van der Waals surface area contributed by atoms with Crippen LogP contribution >= 0.6 is 0 Å². The van der Waals surface area contributed by atoms with Crippen LogP contribution in [-0.2, 0) is 16.1 Å². The molecule has 1 aliphatic rings. The van der Waals surface area contributed by atoms with Crippen LogP contribution < -0.4 is 4.74 Å². The van der Waals surface area contributed by atoms with Crippen LogP contribution in [0.1, 0.15) is 41.8 Å². The van der Waals surface area contributed by atoms with Gasteiger partial charge in [0.2, 0.25) is 5.78 Å². The van der Waals surface area contributed by atoms with Gasteiger partial charge in [0, 0.05) is 11.8 Å². The SMILES string of the molecule is Cc1ccc(C2=C(c3ccc(OCc4ccc(C)cn4)cc3)C(=O)C(C)(C)O2)cc1. The molecule has 2 aromatic carbocycles. The average Bonchev–Trinajstić information content (AvgIpc) is 2.98. The fourth-order valence-electron chi connectivity index (χ4n) is 3.39. The number of hydrogen-bond donors (Lipinski definition) is 0. The van der Waals surface area contributed by atoms with Gasteiger partial charge in [-0.15, -0.1) is 0 Å². The molecular formula is C26H25NO3. The Bertz CT molecular complexity index is 1090. The number of aromatic nitrogens is 1. The predicted molar refractivity (Wildman–Crippen MR) is 118 cm³/mol. The van der Waals surface area contributed by atoms with Crippen LogP contribution in [0.3, 0.4) is 0 Å². The molecule has 0 radical (unpaired) electrons. The molecule has 3 aromatic rings. The number of rotatable bonds is 5. The average molecular weight is 399 g/mol. The van der Waals surface area contributed by atoms with E-state index in [0.717, 1.165) is 33.7 Å². The highest BCUT2D eigenvalue weighted by Crippen LogP contribution is 2.41. The highest BCUT2D eigenvalue weighted by Gasteiger charge is 2.42. The van der Waals surface area contributed by atoms with E-state index in [9.17, 15) is 4.79 Å². The fourth-order valence-corrected chi connectivity index (χ4v) is 3.39. The lowest BCUT2D eigenvalue weighted by atomic mass is 9.92. The third-order valence-corrected chi connectivity index (χ3v) is 5.17. The minimum atomic E-state index is -0.887. The van der Waals surface area contributed by atoms with Gasteiger partial charge in [-0.2, -0.15) is 0 Å². The number of nitrogens with zero attached hydrogens (tertiary/aromatic N) is 1. The molecule has 0 fully saturated rings. The summed E-state index contributed by atoms with van der Waals surface area (Å²) in [5.41, 5.74) is 4.59. The molecule has 0 spiro atoms. The fraction of sp³-hybridized carbons (Fsp3) is 0.231. The van der Waals surface area contributed by atoms with Crippen LogP contribution in [0.5, 0.6) is 5.75 Å². The molecule has 30 heavy (non-hydrogen) atoms. The van der Waals surface area contributed by atoms with Gasteiger partial charge in [-0.25, -0.2) is 0 Å². The summed E-state index contributed by atoms with van der Waals surface area (Å²) in [5, 5.41) is 0. The molecular weight excluding hydrogens is 374 g/mol. The van der Waals surface area contributed by atoms with Gasteiger partial charge in [0.15, 0.2) is 5.60 Å². The summed E-state index contributed by atoms with van der Waals surface area (Å²) < 4.78 is 11.9. The summed E-state index contributed by atoms with van der Waals surface area (Å²) in [6, 6.07) is 19.6. The Balaban J connectivity index is 1.60. The number of aryl methyl sites for hydroxylation is 2. The molecule has 4 rings (SSSR count). The highest BCUT2D eigenvalue weighted by molar-refractivity contribution is 6.32. The van der Waals surface area contributed by atoms with E-state index in [1.165, 1.54) is 0 Å². The summed E-state index contributed by atoms with van der Waals surface area (Å²) in [7, 11) is 0. The van der Waals surface area contributed by atoms with Crippen LogP contribution in [0.4, 0.5) is 0 Å². The molecule has 0 atom stereocenters. The smallest absolute Gasteiger partial charge is 0.210 e. The number of ketones is 1. The van der Waals surface area contributed by atoms with Crippen molar-refractivity contribution in [1.29, 1.82) is 0 Å². The van der Waals surface area contributed by atoms with Gasteiger partial charge in [-0.1, -0.05) is 48.0 Å². The van der Waals surface area contributed by atoms with Gasteiger partial charge in [-0.3, -0.25) is 9.78 Å². The van der Waals surface area contributed by atoms with E-state index in [4.69, 9.17) is 9.47 Å². The standard InChI is InChI=1S/C26H25NO3/c1-17-5-8-20(9-6-17)24-23(25(28)26(3,4)30-24)19-10-13-22(14-11-19)29-16-21-12-7-18(2)15-27-21/h5-15H,16H2,1-4H3. The molecule has 0 amide bonds. The summed E-state index contributed by atoms with van der Waals surface area (Å²) in [5.74, 6) is 1.34. The first kappa shape index (κ1) is 19.9. The Morgan fingerprint density at radius 3 is 2.13 bits per heavy atom. The minimum Gasteiger partial charge on any atom is -0.487 e. The Kier molecular flexibility index (Phi) is 5.17. The van der Waals surface area contributed by atoms with E-state index in [0.29, 0.717) is 17.9 Å². The van der Waals surface area contributed by atoms with E-state index < -0.39 is 5.60 Å². The second kappa shape index (κ2) is 7.79.